The topological polar surface area (TPSA) is 38.8 Å². The molecular weight excluding hydrogens is 593 g/mol. The third-order valence-corrected chi connectivity index (χ3v) is 14.7. The molecule has 5 rings (SSSR count). The summed E-state index contributed by atoms with van der Waals surface area (Å²) in [5, 5.41) is 1.40. The lowest BCUT2D eigenvalue weighted by molar-refractivity contribution is -0.137. The van der Waals surface area contributed by atoms with Crippen LogP contribution in [0.1, 0.15) is 86.1 Å². The van der Waals surface area contributed by atoms with Gasteiger partial charge in [-0.1, -0.05) is 92.5 Å². The van der Waals surface area contributed by atoms with E-state index in [0.717, 1.165) is 40.7 Å². The average Bonchev–Trinajstić information content (AvgIpc) is 3.69. The van der Waals surface area contributed by atoms with Gasteiger partial charge in [-0.25, -0.2) is 0 Å². The molecule has 0 N–H and O–H groups in total. The van der Waals surface area contributed by atoms with E-state index in [4.69, 9.17) is 32.4 Å². The summed E-state index contributed by atoms with van der Waals surface area (Å²) in [4.78, 5) is 16.5. The molecule has 1 amide bonds. The van der Waals surface area contributed by atoms with E-state index in [1.54, 1.807) is 0 Å². The highest BCUT2D eigenvalue weighted by Crippen LogP contribution is 2.54. The van der Waals surface area contributed by atoms with Gasteiger partial charge < -0.3 is 9.16 Å². The van der Waals surface area contributed by atoms with Gasteiger partial charge in [0.15, 0.2) is 14.0 Å². The molecule has 2 aliphatic rings. The monoisotopic (exact) mass is 635 g/mol. The van der Waals surface area contributed by atoms with Crippen molar-refractivity contribution in [2.75, 3.05) is 13.2 Å². The van der Waals surface area contributed by atoms with Gasteiger partial charge in [0.2, 0.25) is 0 Å². The number of benzene rings is 3. The molecule has 1 fully saturated rings. The molecule has 43 heavy (non-hydrogen) atoms. The Labute approximate surface area is 268 Å². The Kier molecular flexibility index (Phi) is 8.56. The van der Waals surface area contributed by atoms with Crippen molar-refractivity contribution in [2.24, 2.45) is 5.41 Å². The van der Waals surface area contributed by atoms with Gasteiger partial charge in [-0.15, -0.1) is 0 Å². The van der Waals surface area contributed by atoms with Crippen LogP contribution < -0.4 is 0 Å². The number of hydrogen-bond acceptors (Lipinski definition) is 3. The second-order valence-electron chi connectivity index (χ2n) is 13.9. The number of halogens is 2. The maximum atomic E-state index is 14.6. The molecule has 0 radical (unpaired) electrons. The number of ether oxygens (including phenoxy) is 1. The minimum atomic E-state index is -1.94. The third kappa shape index (κ3) is 5.99. The van der Waals surface area contributed by atoms with Crippen LogP contribution in [0.25, 0.3) is 5.57 Å². The summed E-state index contributed by atoms with van der Waals surface area (Å²) in [6.45, 7) is 20.6. The largest absolute Gasteiger partial charge is 0.416 e. The normalized spacial score (nSPS) is 20.2. The molecule has 0 bridgehead atoms. The maximum absolute atomic E-state index is 14.6. The Hall–Kier alpha value is -2.41. The van der Waals surface area contributed by atoms with Crippen LogP contribution in [0.2, 0.25) is 28.2 Å². The molecule has 3 aromatic carbocycles. The van der Waals surface area contributed by atoms with Crippen molar-refractivity contribution in [1.82, 2.24) is 4.90 Å². The SMILES string of the molecule is C=C(C)c1ccc2c(c1)C(=O)N(C(C)c1ccc(Cl)cc1)[C@@]2(OCC1(CO[Si](C)(C)C(C)(C)C)CC1)c1ccc(Cl)cc1. The van der Waals surface area contributed by atoms with Gasteiger partial charge in [-0.2, -0.15) is 0 Å². The lowest BCUT2D eigenvalue weighted by Gasteiger charge is -2.44. The van der Waals surface area contributed by atoms with E-state index in [1.807, 2.05) is 85.5 Å². The zero-order valence-corrected chi connectivity index (χ0v) is 28.9. The quantitative estimate of drug-likeness (QED) is 0.208. The Morgan fingerprint density at radius 3 is 2.09 bits per heavy atom. The minimum absolute atomic E-state index is 0.0853. The summed E-state index contributed by atoms with van der Waals surface area (Å²) < 4.78 is 13.9. The number of carbonyl (C=O) groups excluding carboxylic acids is 1. The molecule has 1 heterocycles. The lowest BCUT2D eigenvalue weighted by Crippen LogP contribution is -2.49. The van der Waals surface area contributed by atoms with E-state index in [1.165, 1.54) is 0 Å². The van der Waals surface area contributed by atoms with Crippen LogP contribution in [0, 0.1) is 5.41 Å². The predicted molar refractivity (Wildman–Crippen MR) is 180 cm³/mol. The average molecular weight is 637 g/mol. The van der Waals surface area contributed by atoms with E-state index < -0.39 is 14.0 Å². The molecule has 1 aliphatic carbocycles. The molecule has 1 saturated carbocycles. The minimum Gasteiger partial charge on any atom is -0.416 e. The van der Waals surface area contributed by atoms with Crippen molar-refractivity contribution in [3.05, 3.63) is 111 Å². The Balaban J connectivity index is 1.62. The van der Waals surface area contributed by atoms with E-state index in [2.05, 4.69) is 40.4 Å². The van der Waals surface area contributed by atoms with Crippen LogP contribution in [0.4, 0.5) is 0 Å². The zero-order valence-electron chi connectivity index (χ0n) is 26.4. The highest BCUT2D eigenvalue weighted by atomic mass is 35.5. The first-order valence-electron chi connectivity index (χ1n) is 15.0. The fourth-order valence-corrected chi connectivity index (χ4v) is 6.89. The Bertz CT molecular complexity index is 1520. The van der Waals surface area contributed by atoms with Gasteiger partial charge in [0.25, 0.3) is 5.91 Å². The smallest absolute Gasteiger partial charge is 0.257 e. The maximum Gasteiger partial charge on any atom is 0.257 e. The molecule has 2 atom stereocenters. The van der Waals surface area contributed by atoms with E-state index in [9.17, 15) is 4.79 Å². The lowest BCUT2D eigenvalue weighted by atomic mass is 9.90. The van der Waals surface area contributed by atoms with Crippen molar-refractivity contribution in [1.29, 1.82) is 0 Å². The Morgan fingerprint density at radius 1 is 0.977 bits per heavy atom. The summed E-state index contributed by atoms with van der Waals surface area (Å²) >= 11 is 12.6. The van der Waals surface area contributed by atoms with Crippen molar-refractivity contribution in [3.8, 4) is 0 Å². The number of nitrogens with zero attached hydrogens (tertiary/aromatic N) is 1. The highest BCUT2D eigenvalue weighted by molar-refractivity contribution is 6.74. The van der Waals surface area contributed by atoms with Crippen molar-refractivity contribution in [3.63, 3.8) is 0 Å². The third-order valence-electron chi connectivity index (χ3n) is 9.73. The molecule has 4 nitrogen and oxygen atoms in total. The summed E-state index contributed by atoms with van der Waals surface area (Å²) in [7, 11) is -1.94. The van der Waals surface area contributed by atoms with Gasteiger partial charge in [-0.05, 0) is 86.3 Å². The zero-order chi connectivity index (χ0) is 31.4. The van der Waals surface area contributed by atoms with Gasteiger partial charge in [0.1, 0.15) is 0 Å². The molecule has 0 spiro atoms. The van der Waals surface area contributed by atoms with Crippen LogP contribution in [0.5, 0.6) is 0 Å². The predicted octanol–water partition coefficient (Wildman–Crippen LogP) is 10.3. The standard InChI is InChI=1S/C36H43Cl2NO3Si/c1-24(2)27-11-18-32-31(21-27)33(40)39(25(3)26-9-14-29(37)15-10-26)36(32,28-12-16-30(38)17-13-28)41-22-35(19-20-35)23-42-43(7,8)34(4,5)6/h9-18,21,25H,1,19-20,22-23H2,2-8H3/t25?,36-/m1/s1. The molecule has 228 valence electrons. The number of rotatable bonds is 10. The molecule has 0 aromatic heterocycles. The molecular formula is C36H43Cl2NO3Si. The van der Waals surface area contributed by atoms with E-state index in [0.29, 0.717) is 28.8 Å². The molecule has 0 saturated heterocycles. The van der Waals surface area contributed by atoms with Gasteiger partial charge in [0.05, 0.1) is 12.6 Å². The molecule has 7 heteroatoms. The summed E-state index contributed by atoms with van der Waals surface area (Å²) in [6.07, 6.45) is 2.06. The van der Waals surface area contributed by atoms with E-state index in [-0.39, 0.29) is 22.4 Å². The fraction of sp³-hybridized carbons (Fsp3) is 0.417. The Morgan fingerprint density at radius 2 is 1.56 bits per heavy atom. The molecule has 1 aliphatic heterocycles. The van der Waals surface area contributed by atoms with Crippen LogP contribution in [0.3, 0.4) is 0 Å². The van der Waals surface area contributed by atoms with Gasteiger partial charge in [0, 0.05) is 38.8 Å². The molecule has 1 unspecified atom stereocenters. The first-order valence-corrected chi connectivity index (χ1v) is 18.7. The number of amides is 1. The van der Waals surface area contributed by atoms with Crippen molar-refractivity contribution < 1.29 is 14.0 Å². The summed E-state index contributed by atoms with van der Waals surface area (Å²) in [6, 6.07) is 21.1. The van der Waals surface area contributed by atoms with Crippen molar-refractivity contribution in [2.45, 2.75) is 77.4 Å². The van der Waals surface area contributed by atoms with Gasteiger partial charge >= 0.3 is 0 Å². The number of hydrogen-bond donors (Lipinski definition) is 0. The van der Waals surface area contributed by atoms with Gasteiger partial charge in [-0.3, -0.25) is 9.69 Å². The van der Waals surface area contributed by atoms with Crippen LogP contribution in [-0.4, -0.2) is 32.3 Å². The molecule has 3 aromatic rings. The summed E-state index contributed by atoms with van der Waals surface area (Å²) in [5.41, 5.74) is 3.84. The second kappa shape index (κ2) is 11.5. The number of fused-ring (bicyclic) bond motifs is 1. The fourth-order valence-electron chi connectivity index (χ4n) is 5.54. The first-order chi connectivity index (χ1) is 20.1. The highest BCUT2D eigenvalue weighted by Gasteiger charge is 2.56. The van der Waals surface area contributed by atoms with Crippen LogP contribution in [-0.2, 0) is 14.9 Å². The van der Waals surface area contributed by atoms with Crippen LogP contribution in [0.15, 0.2) is 73.3 Å². The number of allylic oxidation sites excluding steroid dienone is 1. The number of carbonyl (C=O) groups is 1. The summed E-state index contributed by atoms with van der Waals surface area (Å²) in [5.74, 6) is -0.0853. The first kappa shape index (κ1) is 32.0. The van der Waals surface area contributed by atoms with E-state index >= 15 is 0 Å². The van der Waals surface area contributed by atoms with Crippen LogP contribution >= 0.6 is 23.2 Å². The second-order valence-corrected chi connectivity index (χ2v) is 19.6. The van der Waals surface area contributed by atoms with Crippen molar-refractivity contribution >= 4 is 43.0 Å².